The molecule has 0 saturated carbocycles. The van der Waals surface area contributed by atoms with E-state index in [4.69, 9.17) is 4.74 Å². The molecule has 1 fully saturated rings. The normalized spacial score (nSPS) is 22.0. The van der Waals surface area contributed by atoms with Crippen molar-refractivity contribution >= 4 is 0 Å². The SMILES string of the molecule is CN(CCc1ccccc1)[C@@H]1[C@H](O)[C@H](CO)O[C@@H]1CN(Cc1ccc(F)cc1)Cc1ccc(F)cc1. The minimum Gasteiger partial charge on any atom is -0.394 e. The predicted molar refractivity (Wildman–Crippen MR) is 135 cm³/mol. The molecule has 1 saturated heterocycles. The van der Waals surface area contributed by atoms with Gasteiger partial charge < -0.3 is 14.9 Å². The van der Waals surface area contributed by atoms with Gasteiger partial charge in [-0.1, -0.05) is 54.6 Å². The molecule has 5 nitrogen and oxygen atoms in total. The molecule has 1 aliphatic rings. The van der Waals surface area contributed by atoms with E-state index in [1.807, 2.05) is 25.2 Å². The molecular formula is C29H34F2N2O3. The summed E-state index contributed by atoms with van der Waals surface area (Å²) < 4.78 is 33.1. The standard InChI is InChI=1S/C29H34F2N2O3/c1-32(16-15-21-5-3-2-4-6-21)28-26(36-27(20-34)29(28)35)19-33(17-22-7-11-24(30)12-8-22)18-23-9-13-25(31)14-10-23/h2-14,26-29,34-35H,15-20H2,1H3/t26-,27+,28+,29-/m1/s1. The molecule has 0 bridgehead atoms. The molecule has 2 N–H and O–H groups in total. The highest BCUT2D eigenvalue weighted by molar-refractivity contribution is 5.19. The van der Waals surface area contributed by atoms with Gasteiger partial charge in [0.15, 0.2) is 0 Å². The summed E-state index contributed by atoms with van der Waals surface area (Å²) in [7, 11) is 1.97. The molecule has 3 aromatic rings. The molecule has 36 heavy (non-hydrogen) atoms. The molecule has 1 aliphatic heterocycles. The van der Waals surface area contributed by atoms with Gasteiger partial charge in [-0.05, 0) is 54.4 Å². The first kappa shape index (κ1) is 26.4. The first-order valence-electron chi connectivity index (χ1n) is 12.3. The Bertz CT molecular complexity index is 1020. The van der Waals surface area contributed by atoms with Crippen LogP contribution in [-0.4, -0.2) is 71.1 Å². The van der Waals surface area contributed by atoms with Crippen molar-refractivity contribution in [1.82, 2.24) is 9.80 Å². The molecule has 0 spiro atoms. The third-order valence-corrected chi connectivity index (χ3v) is 6.82. The van der Waals surface area contributed by atoms with Gasteiger partial charge in [0.05, 0.1) is 18.8 Å². The first-order chi connectivity index (χ1) is 17.4. The number of aliphatic hydroxyl groups excluding tert-OH is 2. The molecule has 0 unspecified atom stereocenters. The fourth-order valence-corrected chi connectivity index (χ4v) is 4.91. The van der Waals surface area contributed by atoms with Crippen molar-refractivity contribution in [2.45, 2.75) is 43.9 Å². The Kier molecular flexibility index (Phi) is 9.18. The smallest absolute Gasteiger partial charge is 0.123 e. The zero-order valence-electron chi connectivity index (χ0n) is 20.5. The van der Waals surface area contributed by atoms with Crippen molar-refractivity contribution < 1.29 is 23.7 Å². The quantitative estimate of drug-likeness (QED) is 0.425. The second kappa shape index (κ2) is 12.5. The lowest BCUT2D eigenvalue weighted by Crippen LogP contribution is -2.50. The fourth-order valence-electron chi connectivity index (χ4n) is 4.91. The fraction of sp³-hybridized carbons (Fsp3) is 0.379. The highest BCUT2D eigenvalue weighted by Crippen LogP contribution is 2.27. The highest BCUT2D eigenvalue weighted by atomic mass is 19.1. The third-order valence-electron chi connectivity index (χ3n) is 6.82. The van der Waals surface area contributed by atoms with E-state index in [0.717, 1.165) is 24.1 Å². The maximum Gasteiger partial charge on any atom is 0.123 e. The van der Waals surface area contributed by atoms with Crippen molar-refractivity contribution in [3.05, 3.63) is 107 Å². The summed E-state index contributed by atoms with van der Waals surface area (Å²) in [5, 5.41) is 20.8. The molecule has 0 aliphatic carbocycles. The summed E-state index contributed by atoms with van der Waals surface area (Å²) in [6.45, 7) is 1.98. The Morgan fingerprint density at radius 1 is 0.778 bits per heavy atom. The van der Waals surface area contributed by atoms with Crippen LogP contribution in [-0.2, 0) is 24.2 Å². The van der Waals surface area contributed by atoms with Crippen LogP contribution < -0.4 is 0 Å². The molecule has 4 atom stereocenters. The average molecular weight is 497 g/mol. The summed E-state index contributed by atoms with van der Waals surface area (Å²) in [6.07, 6.45) is -1.04. The maximum atomic E-state index is 13.5. The number of hydrogen-bond acceptors (Lipinski definition) is 5. The predicted octanol–water partition coefficient (Wildman–Crippen LogP) is 3.63. The van der Waals surface area contributed by atoms with Gasteiger partial charge in [0.1, 0.15) is 23.8 Å². The summed E-state index contributed by atoms with van der Waals surface area (Å²) in [6, 6.07) is 22.6. The van der Waals surface area contributed by atoms with Gasteiger partial charge >= 0.3 is 0 Å². The van der Waals surface area contributed by atoms with E-state index in [0.29, 0.717) is 19.6 Å². The molecular weight excluding hydrogens is 462 g/mol. The van der Waals surface area contributed by atoms with Gasteiger partial charge in [-0.3, -0.25) is 9.80 Å². The maximum absolute atomic E-state index is 13.5. The van der Waals surface area contributed by atoms with E-state index < -0.39 is 12.2 Å². The molecule has 3 aromatic carbocycles. The van der Waals surface area contributed by atoms with Crippen LogP contribution in [0.1, 0.15) is 16.7 Å². The average Bonchev–Trinajstić information content (AvgIpc) is 3.20. The summed E-state index contributed by atoms with van der Waals surface area (Å²) in [4.78, 5) is 4.25. The van der Waals surface area contributed by atoms with Gasteiger partial charge in [0, 0.05) is 26.2 Å². The van der Waals surface area contributed by atoms with Crippen molar-refractivity contribution in [3.8, 4) is 0 Å². The number of likely N-dealkylation sites (N-methyl/N-ethyl adjacent to an activating group) is 1. The summed E-state index contributed by atoms with van der Waals surface area (Å²) in [5.74, 6) is -0.589. The zero-order chi connectivity index (χ0) is 25.5. The van der Waals surface area contributed by atoms with Gasteiger partial charge in [0.25, 0.3) is 0 Å². The highest BCUT2D eigenvalue weighted by Gasteiger charge is 2.45. The van der Waals surface area contributed by atoms with E-state index >= 15 is 0 Å². The Labute approximate surface area is 211 Å². The summed E-state index contributed by atoms with van der Waals surface area (Å²) in [5.41, 5.74) is 3.08. The van der Waals surface area contributed by atoms with Crippen LogP contribution in [0, 0.1) is 11.6 Å². The lowest BCUT2D eigenvalue weighted by atomic mass is 10.0. The van der Waals surface area contributed by atoms with E-state index in [-0.39, 0.29) is 30.4 Å². The van der Waals surface area contributed by atoms with E-state index in [9.17, 15) is 19.0 Å². The molecule has 192 valence electrons. The Morgan fingerprint density at radius 2 is 1.33 bits per heavy atom. The first-order valence-corrected chi connectivity index (χ1v) is 12.3. The van der Waals surface area contributed by atoms with Crippen LogP contribution in [0.4, 0.5) is 8.78 Å². The molecule has 7 heteroatoms. The van der Waals surface area contributed by atoms with Gasteiger partial charge in [-0.2, -0.15) is 0 Å². The van der Waals surface area contributed by atoms with Crippen LogP contribution in [0.2, 0.25) is 0 Å². The van der Waals surface area contributed by atoms with Gasteiger partial charge in [-0.15, -0.1) is 0 Å². The van der Waals surface area contributed by atoms with Crippen LogP contribution in [0.3, 0.4) is 0 Å². The molecule has 0 radical (unpaired) electrons. The topological polar surface area (TPSA) is 56.2 Å². The third kappa shape index (κ3) is 6.96. The molecule has 0 amide bonds. The second-order valence-corrected chi connectivity index (χ2v) is 9.52. The molecule has 0 aromatic heterocycles. The van der Waals surface area contributed by atoms with Gasteiger partial charge in [-0.25, -0.2) is 8.78 Å². The van der Waals surface area contributed by atoms with Crippen LogP contribution in [0.25, 0.3) is 0 Å². The lowest BCUT2D eigenvalue weighted by molar-refractivity contribution is -0.0322. The number of aliphatic hydroxyl groups is 2. The van der Waals surface area contributed by atoms with Crippen molar-refractivity contribution in [3.63, 3.8) is 0 Å². The van der Waals surface area contributed by atoms with Crippen molar-refractivity contribution in [2.24, 2.45) is 0 Å². The minimum absolute atomic E-state index is 0.267. The van der Waals surface area contributed by atoms with Crippen LogP contribution in [0.5, 0.6) is 0 Å². The molecule has 4 rings (SSSR count). The van der Waals surface area contributed by atoms with Crippen LogP contribution in [0.15, 0.2) is 78.9 Å². The van der Waals surface area contributed by atoms with E-state index in [1.165, 1.54) is 29.8 Å². The van der Waals surface area contributed by atoms with Gasteiger partial charge in [0.2, 0.25) is 0 Å². The number of rotatable bonds is 11. The van der Waals surface area contributed by atoms with E-state index in [2.05, 4.69) is 21.9 Å². The minimum atomic E-state index is -0.834. The molecule has 1 heterocycles. The Morgan fingerprint density at radius 3 is 1.86 bits per heavy atom. The Balaban J connectivity index is 1.51. The van der Waals surface area contributed by atoms with Crippen molar-refractivity contribution in [2.75, 3.05) is 26.7 Å². The lowest BCUT2D eigenvalue weighted by Gasteiger charge is -2.33. The Hall–Kier alpha value is -2.68. The number of nitrogens with zero attached hydrogens (tertiary/aromatic N) is 2. The van der Waals surface area contributed by atoms with Crippen molar-refractivity contribution in [1.29, 1.82) is 0 Å². The summed E-state index contributed by atoms with van der Waals surface area (Å²) >= 11 is 0. The van der Waals surface area contributed by atoms with E-state index in [1.54, 1.807) is 24.3 Å². The number of halogens is 2. The largest absolute Gasteiger partial charge is 0.394 e. The second-order valence-electron chi connectivity index (χ2n) is 9.52. The number of ether oxygens (including phenoxy) is 1. The van der Waals surface area contributed by atoms with Crippen LogP contribution >= 0.6 is 0 Å². The monoisotopic (exact) mass is 496 g/mol. The number of hydrogen-bond donors (Lipinski definition) is 2. The number of benzene rings is 3. The zero-order valence-corrected chi connectivity index (χ0v) is 20.5.